The highest BCUT2D eigenvalue weighted by molar-refractivity contribution is 5.87. The van der Waals surface area contributed by atoms with Gasteiger partial charge in [-0.2, -0.15) is 0 Å². The Balaban J connectivity index is 1.79. The zero-order chi connectivity index (χ0) is 16.6. The number of aromatic nitrogens is 1. The highest BCUT2D eigenvalue weighted by Crippen LogP contribution is 2.57. The number of aliphatic carboxylic acids is 1. The van der Waals surface area contributed by atoms with Crippen LogP contribution in [-0.2, 0) is 16.1 Å². The maximum atomic E-state index is 12.7. The topological polar surface area (TPSA) is 79.3 Å². The summed E-state index contributed by atoms with van der Waals surface area (Å²) in [6.07, 6.45) is 5.17. The van der Waals surface area contributed by atoms with Crippen LogP contribution in [0.2, 0.25) is 0 Å². The van der Waals surface area contributed by atoms with Crippen LogP contribution in [0.1, 0.15) is 32.3 Å². The number of rotatable bonds is 4. The largest absolute Gasteiger partial charge is 0.481 e. The van der Waals surface area contributed by atoms with Crippen LogP contribution in [0.5, 0.6) is 0 Å². The van der Waals surface area contributed by atoms with Gasteiger partial charge in [-0.05, 0) is 56.2 Å². The monoisotopic (exact) mass is 314 g/mol. The van der Waals surface area contributed by atoms with E-state index < -0.39 is 17.8 Å². The number of carbonyl (C=O) groups is 2. The first kappa shape index (κ1) is 15.7. The van der Waals surface area contributed by atoms with Crippen molar-refractivity contribution in [3.63, 3.8) is 0 Å². The van der Waals surface area contributed by atoms with Gasteiger partial charge in [0.15, 0.2) is 0 Å². The number of hydrogen-bond donors (Lipinski definition) is 2. The Morgan fingerprint density at radius 2 is 1.78 bits per heavy atom. The van der Waals surface area contributed by atoms with Gasteiger partial charge < -0.3 is 10.4 Å². The number of carbonyl (C=O) groups excluding carboxylic acids is 1. The second kappa shape index (κ2) is 6.14. The summed E-state index contributed by atoms with van der Waals surface area (Å²) in [5, 5.41) is 12.5. The van der Waals surface area contributed by atoms with Crippen molar-refractivity contribution in [2.24, 2.45) is 23.7 Å². The molecule has 0 aromatic carbocycles. The van der Waals surface area contributed by atoms with Crippen LogP contribution in [0, 0.1) is 23.7 Å². The molecule has 2 aliphatic carbocycles. The lowest BCUT2D eigenvalue weighted by molar-refractivity contribution is -0.149. The summed E-state index contributed by atoms with van der Waals surface area (Å²) >= 11 is 0. The number of fused-ring (bicyclic) bond motifs is 2. The van der Waals surface area contributed by atoms with Gasteiger partial charge in [0.05, 0.1) is 11.8 Å². The van der Waals surface area contributed by atoms with Crippen molar-refractivity contribution in [3.05, 3.63) is 41.2 Å². The van der Waals surface area contributed by atoms with E-state index in [0.29, 0.717) is 6.54 Å². The Morgan fingerprint density at radius 3 is 2.35 bits per heavy atom. The van der Waals surface area contributed by atoms with Crippen molar-refractivity contribution in [1.29, 1.82) is 0 Å². The molecule has 1 heterocycles. The third-order valence-corrected chi connectivity index (χ3v) is 5.22. The second-order valence-electron chi connectivity index (χ2n) is 6.71. The van der Waals surface area contributed by atoms with Crippen LogP contribution in [-0.4, -0.2) is 22.0 Å². The summed E-state index contributed by atoms with van der Waals surface area (Å²) in [7, 11) is 0. The molecule has 2 saturated carbocycles. The Morgan fingerprint density at radius 1 is 1.17 bits per heavy atom. The van der Waals surface area contributed by atoms with E-state index in [1.165, 1.54) is 11.1 Å². The van der Waals surface area contributed by atoms with E-state index in [-0.39, 0.29) is 17.7 Å². The van der Waals surface area contributed by atoms with Gasteiger partial charge in [-0.1, -0.05) is 11.1 Å². The summed E-state index contributed by atoms with van der Waals surface area (Å²) < 4.78 is 0. The average molecular weight is 314 g/mol. The van der Waals surface area contributed by atoms with Crippen LogP contribution in [0.15, 0.2) is 35.7 Å². The first-order chi connectivity index (χ1) is 11.0. The van der Waals surface area contributed by atoms with Gasteiger partial charge >= 0.3 is 5.97 Å². The van der Waals surface area contributed by atoms with E-state index in [9.17, 15) is 14.7 Å². The molecule has 0 saturated heterocycles. The number of carboxylic acids is 1. The highest BCUT2D eigenvalue weighted by Gasteiger charge is 2.57. The lowest BCUT2D eigenvalue weighted by atomic mass is 9.78. The van der Waals surface area contributed by atoms with Crippen LogP contribution in [0.25, 0.3) is 0 Å². The van der Waals surface area contributed by atoms with Crippen LogP contribution in [0.3, 0.4) is 0 Å². The number of hydrogen-bond acceptors (Lipinski definition) is 3. The van der Waals surface area contributed by atoms with Crippen molar-refractivity contribution in [2.75, 3.05) is 0 Å². The summed E-state index contributed by atoms with van der Waals surface area (Å²) in [5.74, 6) is -1.91. The maximum absolute atomic E-state index is 12.7. The van der Waals surface area contributed by atoms with E-state index in [4.69, 9.17) is 0 Å². The fourth-order valence-electron chi connectivity index (χ4n) is 4.41. The zero-order valence-electron chi connectivity index (χ0n) is 13.5. The van der Waals surface area contributed by atoms with Gasteiger partial charge in [0.1, 0.15) is 0 Å². The van der Waals surface area contributed by atoms with Gasteiger partial charge in [-0.3, -0.25) is 14.6 Å². The number of allylic oxidation sites excluding steroid dienone is 2. The lowest BCUT2D eigenvalue weighted by Crippen LogP contribution is -2.41. The predicted octanol–water partition coefficient (Wildman–Crippen LogP) is 2.39. The molecule has 0 spiro atoms. The third kappa shape index (κ3) is 2.76. The summed E-state index contributed by atoms with van der Waals surface area (Å²) in [4.78, 5) is 28.4. The van der Waals surface area contributed by atoms with E-state index in [1.54, 1.807) is 12.4 Å². The quantitative estimate of drug-likeness (QED) is 0.836. The first-order valence-electron chi connectivity index (χ1n) is 8.07. The van der Waals surface area contributed by atoms with E-state index >= 15 is 0 Å². The lowest BCUT2D eigenvalue weighted by Gasteiger charge is -2.26. The molecule has 2 N–H and O–H groups in total. The molecule has 122 valence electrons. The summed E-state index contributed by atoms with van der Waals surface area (Å²) in [6, 6.07) is 3.69. The molecule has 2 aliphatic rings. The molecular formula is C18H22N2O3. The average Bonchev–Trinajstić information content (AvgIpc) is 3.09. The molecule has 0 unspecified atom stereocenters. The molecule has 4 atom stereocenters. The van der Waals surface area contributed by atoms with Crippen molar-refractivity contribution in [2.45, 2.75) is 33.2 Å². The second-order valence-corrected chi connectivity index (χ2v) is 6.71. The molecule has 5 nitrogen and oxygen atoms in total. The van der Waals surface area contributed by atoms with Gasteiger partial charge in [-0.25, -0.2) is 0 Å². The molecule has 1 aromatic rings. The SMILES string of the molecule is CC(C)=C1[C@@H]2CC[C@@H]1[C@@H](C(=O)NCc1ccncc1)[C@H]2C(=O)O. The minimum atomic E-state index is -0.847. The third-order valence-electron chi connectivity index (χ3n) is 5.22. The highest BCUT2D eigenvalue weighted by atomic mass is 16.4. The molecule has 1 amide bonds. The smallest absolute Gasteiger partial charge is 0.307 e. The van der Waals surface area contributed by atoms with E-state index in [0.717, 1.165) is 18.4 Å². The normalized spacial score (nSPS) is 28.7. The standard InChI is InChI=1S/C18H22N2O3/c1-10(2)14-12-3-4-13(14)16(18(22)23)15(12)17(21)20-9-11-5-7-19-8-6-11/h5-8,12-13,15-16H,3-4,9H2,1-2H3,(H,20,21)(H,22,23)/t12-,13-,15+,16-/m0/s1. The minimum Gasteiger partial charge on any atom is -0.481 e. The Labute approximate surface area is 135 Å². The Kier molecular flexibility index (Phi) is 4.20. The van der Waals surface area contributed by atoms with Gasteiger partial charge in [-0.15, -0.1) is 0 Å². The molecule has 2 fully saturated rings. The fourth-order valence-corrected chi connectivity index (χ4v) is 4.41. The molecule has 0 aliphatic heterocycles. The first-order valence-corrected chi connectivity index (χ1v) is 8.07. The number of nitrogens with one attached hydrogen (secondary N) is 1. The van der Waals surface area contributed by atoms with Crippen molar-refractivity contribution >= 4 is 11.9 Å². The minimum absolute atomic E-state index is 0.0270. The van der Waals surface area contributed by atoms with Crippen LogP contribution < -0.4 is 5.32 Å². The van der Waals surface area contributed by atoms with Gasteiger partial charge in [0.25, 0.3) is 0 Å². The summed E-state index contributed by atoms with van der Waals surface area (Å²) in [6.45, 7) is 4.46. The van der Waals surface area contributed by atoms with Crippen molar-refractivity contribution in [3.8, 4) is 0 Å². The Hall–Kier alpha value is -2.17. The number of amides is 1. The maximum Gasteiger partial charge on any atom is 0.307 e. The Bertz CT molecular complexity index is 649. The van der Waals surface area contributed by atoms with Crippen LogP contribution >= 0.6 is 0 Å². The van der Waals surface area contributed by atoms with Crippen molar-refractivity contribution < 1.29 is 14.7 Å². The van der Waals surface area contributed by atoms with E-state index in [2.05, 4.69) is 10.3 Å². The van der Waals surface area contributed by atoms with E-state index in [1.807, 2.05) is 26.0 Å². The van der Waals surface area contributed by atoms with Crippen LogP contribution in [0.4, 0.5) is 0 Å². The molecule has 3 rings (SSSR count). The molecule has 2 bridgehead atoms. The summed E-state index contributed by atoms with van der Waals surface area (Å²) in [5.41, 5.74) is 3.35. The number of nitrogens with zero attached hydrogens (tertiary/aromatic N) is 1. The number of carboxylic acid groups (broad SMARTS) is 1. The molecule has 5 heteroatoms. The fraction of sp³-hybridized carbons (Fsp3) is 0.500. The van der Waals surface area contributed by atoms with Gasteiger partial charge in [0.2, 0.25) is 5.91 Å². The number of pyridine rings is 1. The molecule has 0 radical (unpaired) electrons. The molecule has 1 aromatic heterocycles. The zero-order valence-corrected chi connectivity index (χ0v) is 13.5. The predicted molar refractivity (Wildman–Crippen MR) is 85.3 cm³/mol. The van der Waals surface area contributed by atoms with Crippen molar-refractivity contribution in [1.82, 2.24) is 10.3 Å². The van der Waals surface area contributed by atoms with Gasteiger partial charge in [0, 0.05) is 18.9 Å². The molecular weight excluding hydrogens is 292 g/mol. The molecule has 23 heavy (non-hydrogen) atoms.